The van der Waals surface area contributed by atoms with Gasteiger partial charge in [0.05, 0.1) is 12.2 Å². The first kappa shape index (κ1) is 23.1. The number of nitrogens with zero attached hydrogens (tertiary/aromatic N) is 4. The smallest absolute Gasteiger partial charge is 0.225 e. The standard InChI is InChI=1S/C18H31N5OS.HI/c1-12(2)16-14(5)25-15(21-16)11-20-18(19-6)23-9-7-22(8-10-23)17(24)13(3)4;/h12-13H,7-11H2,1-6H3,(H,19,20);1H. The molecule has 1 aliphatic rings. The van der Waals surface area contributed by atoms with E-state index in [1.165, 1.54) is 10.6 Å². The number of guanidine groups is 1. The maximum Gasteiger partial charge on any atom is 0.225 e. The molecular weight excluding hydrogens is 461 g/mol. The molecule has 1 aromatic rings. The van der Waals surface area contributed by atoms with Crippen molar-refractivity contribution >= 4 is 47.2 Å². The molecule has 0 saturated carbocycles. The van der Waals surface area contributed by atoms with Gasteiger partial charge >= 0.3 is 0 Å². The van der Waals surface area contributed by atoms with Crippen LogP contribution >= 0.6 is 35.3 Å². The van der Waals surface area contributed by atoms with E-state index in [2.05, 4.69) is 36.0 Å². The van der Waals surface area contributed by atoms with E-state index in [-0.39, 0.29) is 35.8 Å². The van der Waals surface area contributed by atoms with Gasteiger partial charge in [0, 0.05) is 44.0 Å². The highest BCUT2D eigenvalue weighted by Crippen LogP contribution is 2.24. The summed E-state index contributed by atoms with van der Waals surface area (Å²) in [6, 6.07) is 0. The second-order valence-electron chi connectivity index (χ2n) is 7.07. The number of hydrogen-bond acceptors (Lipinski definition) is 4. The highest BCUT2D eigenvalue weighted by Gasteiger charge is 2.24. The molecule has 1 fully saturated rings. The average Bonchev–Trinajstić information content (AvgIpc) is 2.96. The molecule has 0 atom stereocenters. The molecular formula is C18H32IN5OS. The third-order valence-corrected chi connectivity index (χ3v) is 5.40. The Balaban J connectivity index is 0.00000338. The fraction of sp³-hybridized carbons (Fsp3) is 0.722. The normalized spacial score (nSPS) is 15.5. The molecule has 0 spiro atoms. The zero-order valence-electron chi connectivity index (χ0n) is 16.7. The maximum absolute atomic E-state index is 12.1. The Morgan fingerprint density at radius 2 is 1.77 bits per heavy atom. The van der Waals surface area contributed by atoms with Gasteiger partial charge in [-0.3, -0.25) is 9.79 Å². The molecule has 0 aromatic carbocycles. The number of piperazine rings is 1. The lowest BCUT2D eigenvalue weighted by Gasteiger charge is -2.37. The van der Waals surface area contributed by atoms with Crippen LogP contribution in [0.2, 0.25) is 0 Å². The van der Waals surface area contributed by atoms with E-state index in [4.69, 9.17) is 4.98 Å². The summed E-state index contributed by atoms with van der Waals surface area (Å²) in [7, 11) is 1.81. The third-order valence-electron chi connectivity index (χ3n) is 4.42. The van der Waals surface area contributed by atoms with Gasteiger partial charge in [-0.2, -0.15) is 0 Å². The highest BCUT2D eigenvalue weighted by molar-refractivity contribution is 14.0. The zero-order valence-corrected chi connectivity index (χ0v) is 19.9. The quantitative estimate of drug-likeness (QED) is 0.398. The van der Waals surface area contributed by atoms with Crippen LogP contribution in [0.25, 0.3) is 0 Å². The van der Waals surface area contributed by atoms with Crippen LogP contribution in [-0.4, -0.2) is 59.9 Å². The van der Waals surface area contributed by atoms with Gasteiger partial charge in [0.25, 0.3) is 0 Å². The average molecular weight is 493 g/mol. The molecule has 0 radical (unpaired) electrons. The minimum absolute atomic E-state index is 0. The van der Waals surface area contributed by atoms with Crippen LogP contribution in [0.3, 0.4) is 0 Å². The van der Waals surface area contributed by atoms with E-state index < -0.39 is 0 Å². The molecule has 148 valence electrons. The Kier molecular flexibility index (Phi) is 9.29. The molecule has 26 heavy (non-hydrogen) atoms. The molecule has 0 unspecified atom stereocenters. The highest BCUT2D eigenvalue weighted by atomic mass is 127. The summed E-state index contributed by atoms with van der Waals surface area (Å²) in [6.07, 6.45) is 0. The number of halogens is 1. The van der Waals surface area contributed by atoms with Crippen molar-refractivity contribution in [3.05, 3.63) is 15.6 Å². The molecule has 8 heteroatoms. The van der Waals surface area contributed by atoms with Gasteiger partial charge in [0.1, 0.15) is 5.01 Å². The molecule has 2 heterocycles. The summed E-state index contributed by atoms with van der Waals surface area (Å²) in [5.74, 6) is 1.64. The lowest BCUT2D eigenvalue weighted by atomic mass is 10.1. The van der Waals surface area contributed by atoms with Crippen molar-refractivity contribution in [3.8, 4) is 0 Å². The number of aryl methyl sites for hydroxylation is 1. The van der Waals surface area contributed by atoms with Crippen molar-refractivity contribution in [3.63, 3.8) is 0 Å². The van der Waals surface area contributed by atoms with Gasteiger partial charge in [-0.15, -0.1) is 35.3 Å². The van der Waals surface area contributed by atoms with E-state index in [9.17, 15) is 4.79 Å². The minimum Gasteiger partial charge on any atom is -0.350 e. The first-order valence-corrected chi connectivity index (χ1v) is 9.85. The topological polar surface area (TPSA) is 60.8 Å². The lowest BCUT2D eigenvalue weighted by Crippen LogP contribution is -2.54. The van der Waals surface area contributed by atoms with Gasteiger partial charge in [0.15, 0.2) is 5.96 Å². The molecule has 6 nitrogen and oxygen atoms in total. The molecule has 1 aromatic heterocycles. The molecule has 1 aliphatic heterocycles. The number of carbonyl (C=O) groups is 1. The van der Waals surface area contributed by atoms with Crippen molar-refractivity contribution in [2.24, 2.45) is 10.9 Å². The van der Waals surface area contributed by atoms with Gasteiger partial charge in [-0.05, 0) is 12.8 Å². The van der Waals surface area contributed by atoms with E-state index in [1.54, 1.807) is 18.4 Å². The summed E-state index contributed by atoms with van der Waals surface area (Å²) in [6.45, 7) is 14.2. The number of aliphatic imine (C=N–C) groups is 1. The second kappa shape index (κ2) is 10.4. The molecule has 0 bridgehead atoms. The summed E-state index contributed by atoms with van der Waals surface area (Å²) >= 11 is 1.75. The number of hydrogen-bond donors (Lipinski definition) is 1. The Hall–Kier alpha value is -0.900. The number of thiazole rings is 1. The monoisotopic (exact) mass is 493 g/mol. The van der Waals surface area contributed by atoms with Crippen LogP contribution in [-0.2, 0) is 11.3 Å². The van der Waals surface area contributed by atoms with Gasteiger partial charge in [-0.1, -0.05) is 27.7 Å². The Morgan fingerprint density at radius 1 is 1.19 bits per heavy atom. The maximum atomic E-state index is 12.1. The van der Waals surface area contributed by atoms with Gasteiger partial charge < -0.3 is 15.1 Å². The van der Waals surface area contributed by atoms with Crippen molar-refractivity contribution in [1.29, 1.82) is 0 Å². The summed E-state index contributed by atoms with van der Waals surface area (Å²) < 4.78 is 0. The number of amides is 1. The largest absolute Gasteiger partial charge is 0.350 e. The summed E-state index contributed by atoms with van der Waals surface area (Å²) in [4.78, 5) is 26.7. The molecule has 2 rings (SSSR count). The lowest BCUT2D eigenvalue weighted by molar-refractivity contribution is -0.135. The fourth-order valence-corrected chi connectivity index (χ4v) is 4.09. The molecule has 1 saturated heterocycles. The minimum atomic E-state index is 0. The van der Waals surface area contributed by atoms with Crippen LogP contribution in [0.5, 0.6) is 0 Å². The van der Waals surface area contributed by atoms with E-state index in [0.29, 0.717) is 12.5 Å². The first-order chi connectivity index (χ1) is 11.8. The van der Waals surface area contributed by atoms with Crippen molar-refractivity contribution < 1.29 is 4.79 Å². The Bertz CT molecular complexity index is 621. The Labute approximate surface area is 178 Å². The SMILES string of the molecule is CN=C(NCc1nc(C(C)C)c(C)s1)N1CCN(C(=O)C(C)C)CC1.I. The van der Waals surface area contributed by atoms with Crippen LogP contribution in [0.15, 0.2) is 4.99 Å². The van der Waals surface area contributed by atoms with Crippen molar-refractivity contribution in [2.75, 3.05) is 33.2 Å². The van der Waals surface area contributed by atoms with Crippen molar-refractivity contribution in [2.45, 2.75) is 47.1 Å². The van der Waals surface area contributed by atoms with E-state index in [1.807, 2.05) is 18.7 Å². The number of aromatic nitrogens is 1. The number of nitrogens with one attached hydrogen (secondary N) is 1. The Morgan fingerprint density at radius 3 is 2.23 bits per heavy atom. The zero-order chi connectivity index (χ0) is 18.6. The summed E-state index contributed by atoms with van der Waals surface area (Å²) in [5, 5.41) is 4.52. The molecule has 1 amide bonds. The van der Waals surface area contributed by atoms with Crippen LogP contribution in [0.4, 0.5) is 0 Å². The fourth-order valence-electron chi connectivity index (χ4n) is 3.07. The predicted molar refractivity (Wildman–Crippen MR) is 120 cm³/mol. The number of rotatable bonds is 4. The molecule has 0 aliphatic carbocycles. The predicted octanol–water partition coefficient (Wildman–Crippen LogP) is 3.07. The molecule has 1 N–H and O–H groups in total. The van der Waals surface area contributed by atoms with E-state index >= 15 is 0 Å². The first-order valence-electron chi connectivity index (χ1n) is 9.04. The van der Waals surface area contributed by atoms with Crippen LogP contribution in [0.1, 0.15) is 49.2 Å². The number of carbonyl (C=O) groups excluding carboxylic acids is 1. The van der Waals surface area contributed by atoms with E-state index in [0.717, 1.165) is 37.1 Å². The van der Waals surface area contributed by atoms with Crippen LogP contribution < -0.4 is 5.32 Å². The summed E-state index contributed by atoms with van der Waals surface area (Å²) in [5.41, 5.74) is 1.19. The third kappa shape index (κ3) is 5.80. The van der Waals surface area contributed by atoms with Gasteiger partial charge in [-0.25, -0.2) is 4.98 Å². The van der Waals surface area contributed by atoms with Crippen molar-refractivity contribution in [1.82, 2.24) is 20.1 Å². The van der Waals surface area contributed by atoms with Crippen LogP contribution in [0, 0.1) is 12.8 Å². The second-order valence-corrected chi connectivity index (χ2v) is 8.36. The van der Waals surface area contributed by atoms with Gasteiger partial charge in [0.2, 0.25) is 5.91 Å².